The van der Waals surface area contributed by atoms with Crippen LogP contribution in [0.5, 0.6) is 0 Å². The van der Waals surface area contributed by atoms with Crippen molar-refractivity contribution in [2.75, 3.05) is 19.6 Å². The van der Waals surface area contributed by atoms with E-state index in [0.717, 1.165) is 44.1 Å². The predicted molar refractivity (Wildman–Crippen MR) is 133 cm³/mol. The average Bonchev–Trinajstić information content (AvgIpc) is 2.84. The van der Waals surface area contributed by atoms with Crippen LogP contribution in [0.1, 0.15) is 69.8 Å². The molecule has 192 valence electrons. The Labute approximate surface area is 203 Å². The highest BCUT2D eigenvalue weighted by Crippen LogP contribution is 2.06. The summed E-state index contributed by atoms with van der Waals surface area (Å²) in [5, 5.41) is 5.67. The first kappa shape index (κ1) is 29.5. The van der Waals surface area contributed by atoms with Gasteiger partial charge in [-0.2, -0.15) is 0 Å². The SMILES string of the molecule is NCCCC[C@H](NC(=O)[C@@H](N)CCCCN)C(=O)NCCCCCC(=O)OCc1ccccc1. The van der Waals surface area contributed by atoms with Crippen molar-refractivity contribution in [3.8, 4) is 0 Å². The molecule has 0 unspecified atom stereocenters. The maximum absolute atomic E-state index is 12.6. The van der Waals surface area contributed by atoms with E-state index >= 15 is 0 Å². The van der Waals surface area contributed by atoms with Crippen LogP contribution in [-0.4, -0.2) is 49.5 Å². The largest absolute Gasteiger partial charge is 0.461 e. The maximum Gasteiger partial charge on any atom is 0.306 e. The van der Waals surface area contributed by atoms with Crippen LogP contribution in [0.15, 0.2) is 30.3 Å². The average molecular weight is 478 g/mol. The summed E-state index contributed by atoms with van der Waals surface area (Å²) in [4.78, 5) is 36.9. The molecule has 0 saturated carbocycles. The summed E-state index contributed by atoms with van der Waals surface area (Å²) < 4.78 is 5.26. The lowest BCUT2D eigenvalue weighted by Gasteiger charge is -2.21. The third kappa shape index (κ3) is 13.9. The van der Waals surface area contributed by atoms with Gasteiger partial charge in [0.25, 0.3) is 0 Å². The van der Waals surface area contributed by atoms with Crippen LogP contribution in [0, 0.1) is 0 Å². The van der Waals surface area contributed by atoms with Crippen molar-refractivity contribution in [2.45, 2.75) is 82.9 Å². The van der Waals surface area contributed by atoms with Crippen molar-refractivity contribution in [2.24, 2.45) is 17.2 Å². The quantitative estimate of drug-likeness (QED) is 0.149. The fraction of sp³-hybridized carbons (Fsp3) is 0.640. The zero-order valence-corrected chi connectivity index (χ0v) is 20.3. The molecule has 34 heavy (non-hydrogen) atoms. The summed E-state index contributed by atoms with van der Waals surface area (Å²) in [6.07, 6.45) is 6.71. The lowest BCUT2D eigenvalue weighted by molar-refractivity contribution is -0.145. The Balaban J connectivity index is 2.28. The van der Waals surface area contributed by atoms with Crippen molar-refractivity contribution >= 4 is 17.8 Å². The zero-order valence-electron chi connectivity index (χ0n) is 20.3. The minimum absolute atomic E-state index is 0.221. The number of carbonyl (C=O) groups is 3. The summed E-state index contributed by atoms with van der Waals surface area (Å²) in [5.41, 5.74) is 17.9. The van der Waals surface area contributed by atoms with Crippen molar-refractivity contribution < 1.29 is 19.1 Å². The molecule has 0 aliphatic carbocycles. The highest BCUT2D eigenvalue weighted by molar-refractivity contribution is 5.89. The molecule has 2 amide bonds. The van der Waals surface area contributed by atoms with Gasteiger partial charge in [0, 0.05) is 13.0 Å². The fourth-order valence-electron chi connectivity index (χ4n) is 3.40. The number of amides is 2. The topological polar surface area (TPSA) is 163 Å². The first-order valence-electron chi connectivity index (χ1n) is 12.4. The monoisotopic (exact) mass is 477 g/mol. The third-order valence-electron chi connectivity index (χ3n) is 5.49. The fourth-order valence-corrected chi connectivity index (χ4v) is 3.40. The van der Waals surface area contributed by atoms with Gasteiger partial charge < -0.3 is 32.6 Å². The van der Waals surface area contributed by atoms with Crippen molar-refractivity contribution in [1.82, 2.24) is 10.6 Å². The van der Waals surface area contributed by atoms with Gasteiger partial charge in [-0.15, -0.1) is 0 Å². The van der Waals surface area contributed by atoms with E-state index < -0.39 is 12.1 Å². The smallest absolute Gasteiger partial charge is 0.306 e. The predicted octanol–water partition coefficient (Wildman–Crippen LogP) is 1.48. The number of benzene rings is 1. The Morgan fingerprint density at radius 1 is 0.824 bits per heavy atom. The number of nitrogens with two attached hydrogens (primary N) is 3. The molecule has 9 heteroatoms. The molecular weight excluding hydrogens is 434 g/mol. The highest BCUT2D eigenvalue weighted by atomic mass is 16.5. The molecule has 0 aliphatic heterocycles. The Kier molecular flexibility index (Phi) is 16.4. The third-order valence-corrected chi connectivity index (χ3v) is 5.49. The van der Waals surface area contributed by atoms with E-state index in [1.54, 1.807) is 0 Å². The number of hydrogen-bond acceptors (Lipinski definition) is 7. The summed E-state index contributed by atoms with van der Waals surface area (Å²) in [7, 11) is 0. The number of hydrogen-bond donors (Lipinski definition) is 5. The van der Waals surface area contributed by atoms with E-state index in [4.69, 9.17) is 21.9 Å². The van der Waals surface area contributed by atoms with Gasteiger partial charge in [0.05, 0.1) is 6.04 Å². The van der Waals surface area contributed by atoms with Crippen LogP contribution in [-0.2, 0) is 25.7 Å². The van der Waals surface area contributed by atoms with Crippen molar-refractivity contribution in [3.05, 3.63) is 35.9 Å². The van der Waals surface area contributed by atoms with Gasteiger partial charge in [-0.05, 0) is 63.6 Å². The summed E-state index contributed by atoms with van der Waals surface area (Å²) in [5.74, 6) is -0.765. The molecule has 1 aromatic carbocycles. The first-order chi connectivity index (χ1) is 16.5. The Hall–Kier alpha value is -2.49. The van der Waals surface area contributed by atoms with E-state index in [9.17, 15) is 14.4 Å². The molecule has 0 spiro atoms. The highest BCUT2D eigenvalue weighted by Gasteiger charge is 2.23. The molecule has 1 rings (SSSR count). The Bertz CT molecular complexity index is 702. The molecule has 9 nitrogen and oxygen atoms in total. The second-order valence-corrected chi connectivity index (χ2v) is 8.48. The molecule has 0 saturated heterocycles. The van der Waals surface area contributed by atoms with E-state index in [2.05, 4.69) is 10.6 Å². The molecule has 0 bridgehead atoms. The van der Waals surface area contributed by atoms with Crippen molar-refractivity contribution in [1.29, 1.82) is 0 Å². The number of unbranched alkanes of at least 4 members (excludes halogenated alkanes) is 4. The molecule has 0 heterocycles. The van der Waals surface area contributed by atoms with Crippen LogP contribution < -0.4 is 27.8 Å². The summed E-state index contributed by atoms with van der Waals surface area (Å²) in [6, 6.07) is 8.27. The minimum atomic E-state index is -0.655. The van der Waals surface area contributed by atoms with Crippen molar-refractivity contribution in [3.63, 3.8) is 0 Å². The molecule has 1 aromatic rings. The molecule has 0 aromatic heterocycles. The van der Waals surface area contributed by atoms with Gasteiger partial charge in [0.1, 0.15) is 12.6 Å². The lowest BCUT2D eigenvalue weighted by atomic mass is 10.1. The summed E-state index contributed by atoms with van der Waals surface area (Å²) >= 11 is 0. The van der Waals surface area contributed by atoms with E-state index in [-0.39, 0.29) is 24.4 Å². The van der Waals surface area contributed by atoms with E-state index in [1.807, 2.05) is 30.3 Å². The van der Waals surface area contributed by atoms with Crippen LogP contribution >= 0.6 is 0 Å². The molecule has 0 fully saturated rings. The van der Waals surface area contributed by atoms with Gasteiger partial charge >= 0.3 is 5.97 Å². The van der Waals surface area contributed by atoms with E-state index in [0.29, 0.717) is 45.3 Å². The van der Waals surface area contributed by atoms with Crippen LogP contribution in [0.2, 0.25) is 0 Å². The number of nitrogens with one attached hydrogen (secondary N) is 2. The van der Waals surface area contributed by atoms with Gasteiger partial charge in [-0.25, -0.2) is 0 Å². The Morgan fingerprint density at radius 3 is 2.18 bits per heavy atom. The zero-order chi connectivity index (χ0) is 25.0. The normalized spacial score (nSPS) is 12.6. The second-order valence-electron chi connectivity index (χ2n) is 8.48. The number of esters is 1. The standard InChI is InChI=1S/C25H43N5O4/c26-16-8-6-13-21(28)24(32)30-22(14-7-9-17-27)25(33)29-18-10-2-5-15-23(31)34-19-20-11-3-1-4-12-20/h1,3-4,11-12,21-22H,2,5-10,13-19,26-28H2,(H,29,33)(H,30,32)/t21-,22-/m0/s1. The molecular formula is C25H43N5O4. The molecule has 0 radical (unpaired) electrons. The molecule has 0 aliphatic rings. The second kappa shape index (κ2) is 18.9. The number of carbonyl (C=O) groups excluding carboxylic acids is 3. The van der Waals surface area contributed by atoms with Crippen LogP contribution in [0.25, 0.3) is 0 Å². The van der Waals surface area contributed by atoms with E-state index in [1.165, 1.54) is 0 Å². The van der Waals surface area contributed by atoms with Crippen LogP contribution in [0.4, 0.5) is 0 Å². The molecule has 2 atom stereocenters. The molecule has 8 N–H and O–H groups in total. The van der Waals surface area contributed by atoms with Gasteiger partial charge in [-0.3, -0.25) is 14.4 Å². The first-order valence-corrected chi connectivity index (χ1v) is 12.4. The van der Waals surface area contributed by atoms with Crippen LogP contribution in [0.3, 0.4) is 0 Å². The number of ether oxygens (including phenoxy) is 1. The lowest BCUT2D eigenvalue weighted by Crippen LogP contribution is -2.51. The van der Waals surface area contributed by atoms with Gasteiger partial charge in [0.2, 0.25) is 11.8 Å². The summed E-state index contributed by atoms with van der Waals surface area (Å²) in [6.45, 7) is 1.86. The van der Waals surface area contributed by atoms with Gasteiger partial charge in [0.15, 0.2) is 0 Å². The Morgan fingerprint density at radius 2 is 1.50 bits per heavy atom. The minimum Gasteiger partial charge on any atom is -0.461 e. The number of rotatable bonds is 19. The maximum atomic E-state index is 12.6. The van der Waals surface area contributed by atoms with Gasteiger partial charge in [-0.1, -0.05) is 43.2 Å².